The molecule has 1 unspecified atom stereocenters. The van der Waals surface area contributed by atoms with Crippen LogP contribution in [0.25, 0.3) is 0 Å². The number of hydrogen-bond donors (Lipinski definition) is 7. The molecule has 0 aromatic carbocycles. The molecule has 0 bridgehead atoms. The van der Waals surface area contributed by atoms with Crippen LogP contribution in [0.2, 0.25) is 0 Å². The van der Waals surface area contributed by atoms with E-state index >= 15 is 0 Å². The van der Waals surface area contributed by atoms with Crippen molar-refractivity contribution in [3.05, 3.63) is 0 Å². The van der Waals surface area contributed by atoms with Crippen LogP contribution in [0.15, 0.2) is 5.10 Å². The third kappa shape index (κ3) is 85.4. The number of aliphatic hydroxyl groups excluding tert-OH is 1. The summed E-state index contributed by atoms with van der Waals surface area (Å²) in [6, 6.07) is 1.24. The van der Waals surface area contributed by atoms with Gasteiger partial charge in [0.1, 0.15) is 11.5 Å². The lowest BCUT2D eigenvalue weighted by Crippen LogP contribution is -2.41. The van der Waals surface area contributed by atoms with Crippen molar-refractivity contribution >= 4 is 39.7 Å². The molecule has 15 heteroatoms. The smallest absolute Gasteiger partial charge is 0.407 e. The van der Waals surface area contributed by atoms with E-state index in [1.165, 1.54) is 0 Å². The molecule has 0 aromatic heterocycles. The van der Waals surface area contributed by atoms with Gasteiger partial charge in [-0.25, -0.2) is 23.4 Å². The quantitative estimate of drug-likeness (QED) is 0.0361. The molecule has 0 aliphatic heterocycles. The van der Waals surface area contributed by atoms with Crippen molar-refractivity contribution in [2.24, 2.45) is 52.4 Å². The number of hydrazone groups is 1. The van der Waals surface area contributed by atoms with Crippen molar-refractivity contribution in [3.8, 4) is 0 Å². The number of amides is 2. The highest BCUT2D eigenvalue weighted by molar-refractivity contribution is 7.90. The highest BCUT2D eigenvalue weighted by Gasteiger charge is 2.16. The number of nitrogens with zero attached hydrogens (tertiary/aromatic N) is 1. The van der Waals surface area contributed by atoms with E-state index in [1.807, 2.05) is 55.4 Å². The van der Waals surface area contributed by atoms with Crippen LogP contribution in [0.4, 0.5) is 4.79 Å². The predicted octanol–water partition coefficient (Wildman–Crippen LogP) is 10.6. The summed E-state index contributed by atoms with van der Waals surface area (Å²) in [5.41, 5.74) is 3.60. The number of carbonyl (C=O) groups excluding carboxylic acids is 3. The average molecular weight is 1030 g/mol. The second-order valence-corrected chi connectivity index (χ2v) is 25.4. The van der Waals surface area contributed by atoms with Crippen molar-refractivity contribution in [3.63, 3.8) is 0 Å². The molecule has 0 saturated carbocycles. The zero-order valence-electron chi connectivity index (χ0n) is 51.0. The van der Waals surface area contributed by atoms with Gasteiger partial charge in [0, 0.05) is 68.5 Å². The summed E-state index contributed by atoms with van der Waals surface area (Å²) in [4.78, 5) is 32.7. The van der Waals surface area contributed by atoms with Gasteiger partial charge in [-0.1, -0.05) is 138 Å². The maximum absolute atomic E-state index is 11.1. The van der Waals surface area contributed by atoms with Crippen LogP contribution in [-0.4, -0.2) is 97.9 Å². The number of nitrogens with two attached hydrogens (primary N) is 1. The Morgan fingerprint density at radius 1 is 0.557 bits per heavy atom. The molecule has 0 heterocycles. The van der Waals surface area contributed by atoms with E-state index in [1.54, 1.807) is 33.9 Å². The Hall–Kier alpha value is -2.46. The van der Waals surface area contributed by atoms with E-state index in [0.717, 1.165) is 56.8 Å². The Bertz CT molecular complexity index is 1250. The predicted molar refractivity (Wildman–Crippen MR) is 305 cm³/mol. The summed E-state index contributed by atoms with van der Waals surface area (Å²) in [5.74, 6) is 4.56. The average Bonchev–Trinajstić information content (AvgIpc) is 3.11. The van der Waals surface area contributed by atoms with Crippen LogP contribution < -0.4 is 31.5 Å². The SMILES string of the molecule is CC(C)/C=N/NC(=O)C(C)C.CC(C)CC(=O)CC(C)C.CC(C)CC(=[NH2+])CC(C)C.CC(C)CC(O)CNC(C)C.CC(C)CNC(C)C.CC(C)NC(=O)OC(C)C.CC(C)NS(=O)(=O)C(C)C. The Morgan fingerprint density at radius 2 is 0.957 bits per heavy atom. The monoisotopic (exact) mass is 1020 g/mol. The van der Waals surface area contributed by atoms with Gasteiger partial charge in [-0.15, -0.1) is 0 Å². The number of alkyl carbamates (subject to hydrolysis) is 1. The molecule has 0 spiro atoms. The molecule has 0 rings (SSSR count). The lowest BCUT2D eigenvalue weighted by atomic mass is 9.99. The normalized spacial score (nSPS) is 11.8. The highest BCUT2D eigenvalue weighted by Crippen LogP contribution is 2.08. The van der Waals surface area contributed by atoms with E-state index < -0.39 is 10.0 Å². The maximum Gasteiger partial charge on any atom is 0.407 e. The summed E-state index contributed by atoms with van der Waals surface area (Å²) < 4.78 is 29.4. The van der Waals surface area contributed by atoms with E-state index in [-0.39, 0.29) is 47.5 Å². The number of aliphatic hydroxyl groups is 1. The third-order valence-corrected chi connectivity index (χ3v) is 9.94. The molecule has 1 atom stereocenters. The van der Waals surface area contributed by atoms with Crippen LogP contribution in [0.1, 0.15) is 226 Å². The first-order chi connectivity index (χ1) is 31.6. The summed E-state index contributed by atoms with van der Waals surface area (Å²) >= 11 is 0. The van der Waals surface area contributed by atoms with Crippen LogP contribution in [-0.2, 0) is 24.3 Å². The second-order valence-electron chi connectivity index (χ2n) is 23.2. The number of ether oxygens (including phenoxy) is 1. The molecule has 2 amide bonds. The highest BCUT2D eigenvalue weighted by atomic mass is 32.2. The first-order valence-electron chi connectivity index (χ1n) is 26.7. The fourth-order valence-electron chi connectivity index (χ4n) is 4.92. The summed E-state index contributed by atoms with van der Waals surface area (Å²) in [6.07, 6.45) is 5.69. The van der Waals surface area contributed by atoms with Gasteiger partial charge < -0.3 is 25.8 Å². The number of sulfonamides is 1. The molecule has 0 saturated heterocycles. The molecule has 0 aromatic rings. The fourth-order valence-corrected chi connectivity index (χ4v) is 5.85. The Kier molecular flexibility index (Phi) is 58.4. The standard InChI is InChI=1S/C9H21NO.C9H19N.C9H18O.C8H16N2O.C7H15NO2.C7H17N.C6H15NO2S/c1-7(2)5-9(11)6-10-8(3)4;2*1-7(2)5-9(10)6-8(3)4;1-6(2)5-9-10-8(11)7(3)4;1-5(2)8-7(9)10-6(3)4;1-6(2)5-8-7(3)4;1-5(2)7-10(8,9)6(3)4/h7-11H,5-6H2,1-4H3;7-8,10H,5-6H2,1-4H3;7-8H,5-6H2,1-4H3;5-7H,1-4H3,(H,10,11);5-6H,1-4H3,(H,8,9);6-8H,5H2,1-4H3;5-7H,1-4H3/p+1/b;;;9-5+;;;. The molecule has 0 radical (unpaired) electrons. The molecule has 0 fully saturated rings. The van der Waals surface area contributed by atoms with E-state index in [4.69, 9.17) is 10.1 Å². The van der Waals surface area contributed by atoms with Crippen LogP contribution >= 0.6 is 0 Å². The van der Waals surface area contributed by atoms with Gasteiger partial charge >= 0.3 is 6.09 Å². The van der Waals surface area contributed by atoms with Crippen LogP contribution in [0.5, 0.6) is 0 Å². The van der Waals surface area contributed by atoms with E-state index in [2.05, 4.69) is 142 Å². The van der Waals surface area contributed by atoms with Gasteiger partial charge in [0.2, 0.25) is 15.9 Å². The first-order valence-corrected chi connectivity index (χ1v) is 28.2. The van der Waals surface area contributed by atoms with Gasteiger partial charge in [0.25, 0.3) is 0 Å². The minimum Gasteiger partial charge on any atom is -0.447 e. The molecule has 14 nitrogen and oxygen atoms in total. The van der Waals surface area contributed by atoms with E-state index in [9.17, 15) is 27.9 Å². The van der Waals surface area contributed by atoms with Gasteiger partial charge in [0.15, 0.2) is 0 Å². The number of nitrogens with one attached hydrogen (secondary N) is 5. The lowest BCUT2D eigenvalue weighted by Gasteiger charge is -2.15. The van der Waals surface area contributed by atoms with Crippen LogP contribution in [0.3, 0.4) is 0 Å². The largest absolute Gasteiger partial charge is 0.447 e. The van der Waals surface area contributed by atoms with Gasteiger partial charge in [-0.2, -0.15) is 5.10 Å². The topological polar surface area (TPSA) is 213 Å². The molecular formula is C55H122N7O7S+. The number of rotatable bonds is 24. The van der Waals surface area contributed by atoms with Crippen molar-refractivity contribution in [2.75, 3.05) is 13.1 Å². The molecule has 8 N–H and O–H groups in total. The summed E-state index contributed by atoms with van der Waals surface area (Å²) in [7, 11) is -3.05. The number of ketones is 1. The Balaban J connectivity index is -0.000000133. The number of carbonyl (C=O) groups is 3. The van der Waals surface area contributed by atoms with Gasteiger partial charge in [0.05, 0.1) is 17.5 Å². The van der Waals surface area contributed by atoms with Crippen molar-refractivity contribution in [1.82, 2.24) is 26.1 Å². The maximum atomic E-state index is 11.1. The second kappa shape index (κ2) is 50.1. The molecular weight excluding hydrogens is 903 g/mol. The van der Waals surface area contributed by atoms with Gasteiger partial charge in [-0.05, 0) is 110 Å². The molecule has 0 aliphatic rings. The Morgan fingerprint density at radius 3 is 1.20 bits per heavy atom. The number of Topliss-reactive ketones (excluding diaryl/α,β-unsaturated/α-hetero) is 1. The zero-order valence-corrected chi connectivity index (χ0v) is 51.8. The summed E-state index contributed by atoms with van der Waals surface area (Å²) in [5, 5.41) is 27.8. The van der Waals surface area contributed by atoms with Crippen molar-refractivity contribution in [1.29, 1.82) is 0 Å². The zero-order chi connectivity index (χ0) is 57.1. The minimum atomic E-state index is -3.05. The molecule has 70 heavy (non-hydrogen) atoms. The van der Waals surface area contributed by atoms with Gasteiger partial charge in [-0.3, -0.25) is 15.0 Å². The number of hydrogen-bond acceptors (Lipinski definition) is 10. The lowest BCUT2D eigenvalue weighted by molar-refractivity contribution is -0.124. The van der Waals surface area contributed by atoms with E-state index in [0.29, 0.717) is 53.4 Å². The van der Waals surface area contributed by atoms with Crippen molar-refractivity contribution < 1.29 is 38.1 Å². The summed E-state index contributed by atoms with van der Waals surface area (Å²) in [6.45, 7) is 58.2. The van der Waals surface area contributed by atoms with Crippen molar-refractivity contribution in [2.45, 2.75) is 268 Å². The first kappa shape index (κ1) is 81.6. The Labute approximate surface area is 435 Å². The third-order valence-electron chi connectivity index (χ3n) is 7.89. The molecule has 0 aliphatic carbocycles. The molecule has 424 valence electrons. The fraction of sp³-hybridized carbons (Fsp3) is 0.909. The van der Waals surface area contributed by atoms with Crippen LogP contribution in [0, 0.1) is 47.3 Å². The minimum absolute atomic E-state index is 0.000637.